The molecular formula is C13H25NO4. The number of rotatable bonds is 10. The van der Waals surface area contributed by atoms with Crippen LogP contribution in [0.2, 0.25) is 0 Å². The summed E-state index contributed by atoms with van der Waals surface area (Å²) in [6, 6.07) is 0. The van der Waals surface area contributed by atoms with Gasteiger partial charge in [0.25, 0.3) is 0 Å². The number of hydrogen-bond donors (Lipinski definition) is 0. The molecule has 0 saturated carbocycles. The molecule has 5 heteroatoms. The van der Waals surface area contributed by atoms with Crippen molar-refractivity contribution in [2.45, 2.75) is 39.5 Å². The molecule has 0 aliphatic rings. The summed E-state index contributed by atoms with van der Waals surface area (Å²) in [6.45, 7) is 6.16. The van der Waals surface area contributed by atoms with Crippen molar-refractivity contribution in [3.8, 4) is 0 Å². The Kier molecular flexibility index (Phi) is 10.3. The SMILES string of the molecule is CCOC(=O)CCCN(C)CCCC(=O)OCC. The van der Waals surface area contributed by atoms with Crippen LogP contribution in [-0.2, 0) is 19.1 Å². The van der Waals surface area contributed by atoms with Crippen LogP contribution in [0.4, 0.5) is 0 Å². The third-order valence-electron chi connectivity index (χ3n) is 2.45. The first kappa shape index (κ1) is 16.9. The van der Waals surface area contributed by atoms with Crippen molar-refractivity contribution in [1.82, 2.24) is 4.90 Å². The molecule has 0 bridgehead atoms. The zero-order valence-corrected chi connectivity index (χ0v) is 11.7. The van der Waals surface area contributed by atoms with Crippen molar-refractivity contribution in [2.75, 3.05) is 33.4 Å². The van der Waals surface area contributed by atoms with Gasteiger partial charge in [0.1, 0.15) is 0 Å². The zero-order valence-electron chi connectivity index (χ0n) is 11.7. The molecule has 0 spiro atoms. The van der Waals surface area contributed by atoms with Crippen LogP contribution in [-0.4, -0.2) is 50.2 Å². The lowest BCUT2D eigenvalue weighted by atomic mass is 10.2. The summed E-state index contributed by atoms with van der Waals surface area (Å²) in [5, 5.41) is 0. The Labute approximate surface area is 109 Å². The Morgan fingerprint density at radius 2 is 1.28 bits per heavy atom. The Bertz CT molecular complexity index is 219. The fourth-order valence-corrected chi connectivity index (χ4v) is 1.56. The highest BCUT2D eigenvalue weighted by molar-refractivity contribution is 5.69. The Hall–Kier alpha value is -1.10. The van der Waals surface area contributed by atoms with Crippen LogP contribution in [0.5, 0.6) is 0 Å². The summed E-state index contributed by atoms with van der Waals surface area (Å²) in [6.07, 6.45) is 2.48. The van der Waals surface area contributed by atoms with Crippen molar-refractivity contribution in [3.63, 3.8) is 0 Å². The van der Waals surface area contributed by atoms with Crippen LogP contribution in [0.3, 0.4) is 0 Å². The molecule has 0 aromatic carbocycles. The first-order valence-corrected chi connectivity index (χ1v) is 6.59. The Morgan fingerprint density at radius 3 is 1.61 bits per heavy atom. The van der Waals surface area contributed by atoms with Gasteiger partial charge in [0.05, 0.1) is 13.2 Å². The molecule has 0 aromatic heterocycles. The standard InChI is InChI=1S/C13H25NO4/c1-4-17-12(15)8-6-10-14(3)11-7-9-13(16)18-5-2/h4-11H2,1-3H3. The zero-order chi connectivity index (χ0) is 13.8. The molecule has 0 saturated heterocycles. The van der Waals surface area contributed by atoms with Crippen LogP contribution >= 0.6 is 0 Å². The molecule has 0 aromatic rings. The number of carbonyl (C=O) groups is 2. The molecule has 0 amide bonds. The number of nitrogens with zero attached hydrogens (tertiary/aromatic N) is 1. The lowest BCUT2D eigenvalue weighted by molar-refractivity contribution is -0.144. The largest absolute Gasteiger partial charge is 0.466 e. The fourth-order valence-electron chi connectivity index (χ4n) is 1.56. The van der Waals surface area contributed by atoms with E-state index in [0.29, 0.717) is 26.1 Å². The molecule has 0 aliphatic heterocycles. The van der Waals surface area contributed by atoms with Gasteiger partial charge in [0.15, 0.2) is 0 Å². The van der Waals surface area contributed by atoms with E-state index in [4.69, 9.17) is 9.47 Å². The second-order valence-corrected chi connectivity index (χ2v) is 4.12. The minimum Gasteiger partial charge on any atom is -0.466 e. The van der Waals surface area contributed by atoms with Gasteiger partial charge in [-0.05, 0) is 46.8 Å². The molecule has 0 atom stereocenters. The lowest BCUT2D eigenvalue weighted by Gasteiger charge is -2.15. The van der Waals surface area contributed by atoms with Crippen LogP contribution in [0, 0.1) is 0 Å². The molecule has 18 heavy (non-hydrogen) atoms. The molecular weight excluding hydrogens is 234 g/mol. The lowest BCUT2D eigenvalue weighted by Crippen LogP contribution is -2.22. The number of ether oxygens (including phenoxy) is 2. The maximum Gasteiger partial charge on any atom is 0.305 e. The van der Waals surface area contributed by atoms with Crippen LogP contribution in [0.25, 0.3) is 0 Å². The van der Waals surface area contributed by atoms with Crippen molar-refractivity contribution in [1.29, 1.82) is 0 Å². The van der Waals surface area contributed by atoms with Crippen LogP contribution < -0.4 is 0 Å². The first-order valence-electron chi connectivity index (χ1n) is 6.59. The molecule has 0 unspecified atom stereocenters. The topological polar surface area (TPSA) is 55.8 Å². The maximum absolute atomic E-state index is 11.1. The number of hydrogen-bond acceptors (Lipinski definition) is 5. The van der Waals surface area contributed by atoms with E-state index in [0.717, 1.165) is 25.9 Å². The molecule has 0 aliphatic carbocycles. The highest BCUT2D eigenvalue weighted by atomic mass is 16.5. The summed E-state index contributed by atoms with van der Waals surface area (Å²) in [5.41, 5.74) is 0. The molecule has 5 nitrogen and oxygen atoms in total. The average Bonchev–Trinajstić information content (AvgIpc) is 2.29. The highest BCUT2D eigenvalue weighted by Crippen LogP contribution is 1.99. The fraction of sp³-hybridized carbons (Fsp3) is 0.846. The van der Waals surface area contributed by atoms with E-state index in [-0.39, 0.29) is 11.9 Å². The maximum atomic E-state index is 11.1. The predicted molar refractivity (Wildman–Crippen MR) is 69.2 cm³/mol. The second kappa shape index (κ2) is 11.0. The normalized spacial score (nSPS) is 10.4. The minimum absolute atomic E-state index is 0.141. The van der Waals surface area contributed by atoms with Crippen molar-refractivity contribution >= 4 is 11.9 Å². The van der Waals surface area contributed by atoms with Crippen molar-refractivity contribution < 1.29 is 19.1 Å². The quantitative estimate of drug-likeness (QED) is 0.558. The van der Waals surface area contributed by atoms with E-state index in [1.807, 2.05) is 7.05 Å². The molecule has 106 valence electrons. The molecule has 0 rings (SSSR count). The van der Waals surface area contributed by atoms with Gasteiger partial charge >= 0.3 is 11.9 Å². The Balaban J connectivity index is 3.45. The summed E-state index contributed by atoms with van der Waals surface area (Å²) < 4.78 is 9.69. The van der Waals surface area contributed by atoms with Crippen molar-refractivity contribution in [2.24, 2.45) is 0 Å². The monoisotopic (exact) mass is 259 g/mol. The van der Waals surface area contributed by atoms with E-state index in [1.165, 1.54) is 0 Å². The predicted octanol–water partition coefficient (Wildman–Crippen LogP) is 1.60. The number of esters is 2. The summed E-state index contributed by atoms with van der Waals surface area (Å²) in [7, 11) is 1.98. The van der Waals surface area contributed by atoms with E-state index < -0.39 is 0 Å². The first-order chi connectivity index (χ1) is 8.60. The van der Waals surface area contributed by atoms with Crippen molar-refractivity contribution in [3.05, 3.63) is 0 Å². The second-order valence-electron chi connectivity index (χ2n) is 4.12. The van der Waals surface area contributed by atoms with Gasteiger partial charge in [-0.1, -0.05) is 0 Å². The Morgan fingerprint density at radius 1 is 0.889 bits per heavy atom. The molecule has 0 heterocycles. The highest BCUT2D eigenvalue weighted by Gasteiger charge is 2.05. The summed E-state index contributed by atoms with van der Waals surface area (Å²) >= 11 is 0. The smallest absolute Gasteiger partial charge is 0.305 e. The van der Waals surface area contributed by atoms with Gasteiger partial charge in [0.2, 0.25) is 0 Å². The van der Waals surface area contributed by atoms with Crippen LogP contribution in [0.1, 0.15) is 39.5 Å². The minimum atomic E-state index is -0.141. The summed E-state index contributed by atoms with van der Waals surface area (Å²) in [4.78, 5) is 24.3. The van der Waals surface area contributed by atoms with Gasteiger partial charge in [-0.25, -0.2) is 0 Å². The van der Waals surface area contributed by atoms with E-state index in [1.54, 1.807) is 13.8 Å². The third-order valence-corrected chi connectivity index (χ3v) is 2.45. The van der Waals surface area contributed by atoms with E-state index in [2.05, 4.69) is 4.90 Å². The molecule has 0 radical (unpaired) electrons. The van der Waals surface area contributed by atoms with Gasteiger partial charge in [-0.15, -0.1) is 0 Å². The van der Waals surface area contributed by atoms with E-state index >= 15 is 0 Å². The number of carbonyl (C=O) groups excluding carboxylic acids is 2. The van der Waals surface area contributed by atoms with E-state index in [9.17, 15) is 9.59 Å². The van der Waals surface area contributed by atoms with Gasteiger partial charge < -0.3 is 14.4 Å². The summed E-state index contributed by atoms with van der Waals surface area (Å²) in [5.74, 6) is -0.283. The van der Waals surface area contributed by atoms with Crippen LogP contribution in [0.15, 0.2) is 0 Å². The van der Waals surface area contributed by atoms with Gasteiger partial charge in [-0.3, -0.25) is 9.59 Å². The van der Waals surface area contributed by atoms with Gasteiger partial charge in [-0.2, -0.15) is 0 Å². The van der Waals surface area contributed by atoms with Gasteiger partial charge in [0, 0.05) is 12.8 Å². The average molecular weight is 259 g/mol. The third kappa shape index (κ3) is 10.1. The molecule has 0 N–H and O–H groups in total. The molecule has 0 fully saturated rings.